The summed E-state index contributed by atoms with van der Waals surface area (Å²) in [5, 5.41) is 11.4. The average Bonchev–Trinajstić information content (AvgIpc) is 3.28. The number of aliphatic hydroxyl groups is 1. The van der Waals surface area contributed by atoms with Gasteiger partial charge in [-0.1, -0.05) is 18.6 Å². The smallest absolute Gasteiger partial charge is 0.231 e. The number of benzene rings is 1. The number of rotatable bonds is 1. The molecule has 1 N–H and O–H groups in total. The number of carbonyl (C=O) groups is 1. The molecule has 0 saturated heterocycles. The van der Waals surface area contributed by atoms with E-state index in [1.165, 1.54) is 16.7 Å². The van der Waals surface area contributed by atoms with Gasteiger partial charge in [-0.25, -0.2) is 0 Å². The third kappa shape index (κ3) is 2.46. The van der Waals surface area contributed by atoms with E-state index in [0.29, 0.717) is 18.3 Å². The van der Waals surface area contributed by atoms with E-state index in [1.807, 2.05) is 12.1 Å². The Morgan fingerprint density at radius 1 is 1.07 bits per heavy atom. The molecule has 0 bridgehead atoms. The molecule has 2 saturated carbocycles. The molecule has 0 aromatic heterocycles. The molecule has 4 nitrogen and oxygen atoms in total. The van der Waals surface area contributed by atoms with Gasteiger partial charge in [0.15, 0.2) is 17.3 Å². The van der Waals surface area contributed by atoms with Crippen LogP contribution in [0, 0.1) is 17.3 Å². The van der Waals surface area contributed by atoms with Crippen LogP contribution in [0.5, 0.6) is 11.5 Å². The summed E-state index contributed by atoms with van der Waals surface area (Å²) >= 11 is 0. The van der Waals surface area contributed by atoms with Crippen LogP contribution in [0.3, 0.4) is 0 Å². The van der Waals surface area contributed by atoms with Gasteiger partial charge in [0.05, 0.1) is 5.60 Å². The van der Waals surface area contributed by atoms with Crippen molar-refractivity contribution in [2.45, 2.75) is 70.3 Å². The van der Waals surface area contributed by atoms with Gasteiger partial charge in [-0.3, -0.25) is 4.79 Å². The Balaban J connectivity index is 1.53. The van der Waals surface area contributed by atoms with E-state index >= 15 is 0 Å². The molecule has 1 aromatic carbocycles. The van der Waals surface area contributed by atoms with Crippen molar-refractivity contribution in [3.63, 3.8) is 0 Å². The van der Waals surface area contributed by atoms with E-state index < -0.39 is 5.60 Å². The fraction of sp³-hybridized carbons (Fsp3) is 0.577. The quantitative estimate of drug-likeness (QED) is 0.708. The summed E-state index contributed by atoms with van der Waals surface area (Å²) < 4.78 is 11.2. The Kier molecular flexibility index (Phi) is 3.88. The van der Waals surface area contributed by atoms with E-state index in [2.05, 4.69) is 26.0 Å². The molecule has 1 aliphatic heterocycles. The van der Waals surface area contributed by atoms with Crippen LogP contribution in [0.25, 0.3) is 0 Å². The standard InChI is InChI=1S/C26H30O4/c1-25-13-20(16-4-8-22-23(12-16)30-14-29-22)24-18-7-5-17(27)11-15(18)3-6-19(24)21(25)9-10-26(25,2)28/h4,8,11-12,19-21,28H,3,5-7,9-10,13-14H2,1-2H3/t19-,20+,21-,25-,26-/m0/s1. The van der Waals surface area contributed by atoms with Crippen LogP contribution in [0.2, 0.25) is 0 Å². The van der Waals surface area contributed by atoms with Crippen LogP contribution in [0.4, 0.5) is 0 Å². The molecule has 5 aliphatic rings. The molecule has 1 heterocycles. The molecule has 1 aromatic rings. The van der Waals surface area contributed by atoms with Gasteiger partial charge in [-0.15, -0.1) is 0 Å². The van der Waals surface area contributed by atoms with Crippen molar-refractivity contribution >= 4 is 5.78 Å². The number of hydrogen-bond donors (Lipinski definition) is 1. The lowest BCUT2D eigenvalue weighted by Crippen LogP contribution is -2.50. The fourth-order valence-electron chi connectivity index (χ4n) is 7.31. The van der Waals surface area contributed by atoms with Crippen molar-refractivity contribution in [1.82, 2.24) is 0 Å². The van der Waals surface area contributed by atoms with Crippen LogP contribution < -0.4 is 9.47 Å². The normalized spacial score (nSPS) is 39.4. The number of ether oxygens (including phenoxy) is 2. The first kappa shape index (κ1) is 18.7. The predicted octanol–water partition coefficient (Wildman–Crippen LogP) is 5.07. The van der Waals surface area contributed by atoms with Gasteiger partial charge >= 0.3 is 0 Å². The zero-order chi connectivity index (χ0) is 20.7. The molecular weight excluding hydrogens is 376 g/mol. The minimum atomic E-state index is -0.638. The molecule has 158 valence electrons. The first-order valence-electron chi connectivity index (χ1n) is 11.5. The van der Waals surface area contributed by atoms with E-state index in [0.717, 1.165) is 50.0 Å². The minimum Gasteiger partial charge on any atom is -0.454 e. The zero-order valence-electron chi connectivity index (χ0n) is 17.9. The van der Waals surface area contributed by atoms with Gasteiger partial charge in [0.25, 0.3) is 0 Å². The molecule has 2 fully saturated rings. The van der Waals surface area contributed by atoms with Crippen molar-refractivity contribution in [2.75, 3.05) is 6.79 Å². The van der Waals surface area contributed by atoms with Crippen molar-refractivity contribution < 1.29 is 19.4 Å². The van der Waals surface area contributed by atoms with Crippen molar-refractivity contribution in [2.24, 2.45) is 17.3 Å². The third-order valence-electron chi connectivity index (χ3n) is 9.10. The summed E-state index contributed by atoms with van der Waals surface area (Å²) in [6, 6.07) is 6.36. The largest absolute Gasteiger partial charge is 0.454 e. The first-order valence-corrected chi connectivity index (χ1v) is 11.5. The molecule has 0 unspecified atom stereocenters. The molecule has 0 spiro atoms. The summed E-state index contributed by atoms with van der Waals surface area (Å²) in [5.74, 6) is 3.17. The van der Waals surface area contributed by atoms with Crippen molar-refractivity contribution in [3.8, 4) is 11.5 Å². The van der Waals surface area contributed by atoms with Crippen LogP contribution in [0.15, 0.2) is 41.0 Å². The molecule has 4 heteroatoms. The van der Waals surface area contributed by atoms with E-state index in [9.17, 15) is 9.90 Å². The zero-order valence-corrected chi connectivity index (χ0v) is 17.9. The maximum Gasteiger partial charge on any atom is 0.231 e. The van der Waals surface area contributed by atoms with E-state index in [1.54, 1.807) is 5.57 Å². The Morgan fingerprint density at radius 3 is 2.77 bits per heavy atom. The summed E-state index contributed by atoms with van der Waals surface area (Å²) in [7, 11) is 0. The predicted molar refractivity (Wildman–Crippen MR) is 113 cm³/mol. The Morgan fingerprint density at radius 2 is 1.90 bits per heavy atom. The number of fused-ring (bicyclic) bond motifs is 5. The summed E-state index contributed by atoms with van der Waals surface area (Å²) in [6.45, 7) is 4.65. The highest BCUT2D eigenvalue weighted by molar-refractivity contribution is 5.93. The highest BCUT2D eigenvalue weighted by atomic mass is 16.7. The SMILES string of the molecule is C[C@]1(O)CC[C@H]2[C@@H]3CCC4=CC(=O)CCC4=C3[C@@H](c3ccc4c(c3)OCO4)C[C@@]21C. The van der Waals surface area contributed by atoms with Crippen LogP contribution >= 0.6 is 0 Å². The van der Waals surface area contributed by atoms with E-state index in [4.69, 9.17) is 9.47 Å². The molecule has 0 amide bonds. The van der Waals surface area contributed by atoms with E-state index in [-0.39, 0.29) is 23.9 Å². The summed E-state index contributed by atoms with van der Waals surface area (Å²) in [5.41, 5.74) is 4.79. The summed E-state index contributed by atoms with van der Waals surface area (Å²) in [6.07, 6.45) is 8.42. The monoisotopic (exact) mass is 406 g/mol. The van der Waals surface area contributed by atoms with Crippen LogP contribution in [-0.4, -0.2) is 23.3 Å². The van der Waals surface area contributed by atoms with Crippen LogP contribution in [-0.2, 0) is 4.79 Å². The molecule has 6 rings (SSSR count). The van der Waals surface area contributed by atoms with Gasteiger partial charge in [-0.05, 0) is 92.2 Å². The lowest BCUT2D eigenvalue weighted by Gasteiger charge is -2.54. The Bertz CT molecular complexity index is 1000. The van der Waals surface area contributed by atoms with Crippen molar-refractivity contribution in [3.05, 3.63) is 46.6 Å². The van der Waals surface area contributed by atoms with Crippen molar-refractivity contribution in [1.29, 1.82) is 0 Å². The van der Waals surface area contributed by atoms with Gasteiger partial charge in [0.2, 0.25) is 6.79 Å². The second-order valence-corrected chi connectivity index (χ2v) is 10.4. The Labute approximate surface area is 178 Å². The number of hydrogen-bond acceptors (Lipinski definition) is 4. The highest BCUT2D eigenvalue weighted by Gasteiger charge is 2.61. The maximum absolute atomic E-state index is 12.1. The lowest BCUT2D eigenvalue weighted by atomic mass is 9.51. The number of allylic oxidation sites excluding steroid dienone is 4. The molecule has 4 aliphatic carbocycles. The second kappa shape index (κ2) is 6.23. The van der Waals surface area contributed by atoms with Crippen LogP contribution in [0.1, 0.15) is 70.3 Å². The van der Waals surface area contributed by atoms with Gasteiger partial charge in [0, 0.05) is 17.8 Å². The van der Waals surface area contributed by atoms with Gasteiger partial charge in [0.1, 0.15) is 0 Å². The van der Waals surface area contributed by atoms with Gasteiger partial charge < -0.3 is 14.6 Å². The Hall–Kier alpha value is -2.07. The molecule has 5 atom stereocenters. The summed E-state index contributed by atoms with van der Waals surface area (Å²) in [4.78, 5) is 12.1. The second-order valence-electron chi connectivity index (χ2n) is 10.4. The fourth-order valence-corrected chi connectivity index (χ4v) is 7.31. The minimum absolute atomic E-state index is 0.103. The number of ketones is 1. The van der Waals surface area contributed by atoms with Gasteiger partial charge in [-0.2, -0.15) is 0 Å². The molecule has 0 radical (unpaired) electrons. The number of carbonyl (C=O) groups excluding carboxylic acids is 1. The maximum atomic E-state index is 12.1. The lowest BCUT2D eigenvalue weighted by molar-refractivity contribution is -0.114. The molecule has 30 heavy (non-hydrogen) atoms. The molecular formula is C26H30O4. The first-order chi connectivity index (χ1) is 14.4. The third-order valence-corrected chi connectivity index (χ3v) is 9.10. The average molecular weight is 407 g/mol. The highest BCUT2D eigenvalue weighted by Crippen LogP contribution is 2.66. The topological polar surface area (TPSA) is 55.8 Å².